The summed E-state index contributed by atoms with van der Waals surface area (Å²) in [6.45, 7) is 0. The van der Waals surface area contributed by atoms with Crippen molar-refractivity contribution in [3.63, 3.8) is 0 Å². The van der Waals surface area contributed by atoms with Gasteiger partial charge >= 0.3 is 0 Å². The topological polar surface area (TPSA) is 74.0 Å². The van der Waals surface area contributed by atoms with E-state index in [4.69, 9.17) is 0 Å². The van der Waals surface area contributed by atoms with E-state index >= 15 is 0 Å². The molecule has 1 atom stereocenters. The molecule has 0 aliphatic carbocycles. The lowest BCUT2D eigenvalue weighted by Gasteiger charge is -2.24. The number of hydrogen-bond acceptors (Lipinski definition) is 2. The Morgan fingerprint density at radius 1 is 1.13 bits per heavy atom. The molecular formula is C18H15N3O2. The van der Waals surface area contributed by atoms with E-state index in [2.05, 4.69) is 15.6 Å². The number of hydrogen-bond donors (Lipinski definition) is 3. The van der Waals surface area contributed by atoms with Crippen molar-refractivity contribution in [2.24, 2.45) is 0 Å². The molecule has 0 radical (unpaired) electrons. The van der Waals surface area contributed by atoms with Gasteiger partial charge in [-0.3, -0.25) is 9.59 Å². The van der Waals surface area contributed by atoms with Gasteiger partial charge in [-0.1, -0.05) is 18.2 Å². The highest BCUT2D eigenvalue weighted by Gasteiger charge is 2.30. The summed E-state index contributed by atoms with van der Waals surface area (Å²) in [7, 11) is 0. The SMILES string of the molecule is O=C1C[C@H](C(=O)Nc2ccc3[nH]ccc3c2)c2ccccc2N1. The van der Waals surface area contributed by atoms with E-state index < -0.39 is 5.92 Å². The zero-order valence-electron chi connectivity index (χ0n) is 12.3. The van der Waals surface area contributed by atoms with E-state index in [0.717, 1.165) is 22.2 Å². The first-order chi connectivity index (χ1) is 11.2. The normalized spacial score (nSPS) is 16.7. The monoisotopic (exact) mass is 305 g/mol. The molecule has 1 aliphatic heterocycles. The molecule has 5 nitrogen and oxygen atoms in total. The van der Waals surface area contributed by atoms with Crippen LogP contribution in [0.4, 0.5) is 11.4 Å². The van der Waals surface area contributed by atoms with Gasteiger partial charge in [-0.2, -0.15) is 0 Å². The van der Waals surface area contributed by atoms with Crippen LogP contribution in [0, 0.1) is 0 Å². The zero-order chi connectivity index (χ0) is 15.8. The molecule has 0 saturated carbocycles. The van der Waals surface area contributed by atoms with Crippen molar-refractivity contribution in [3.8, 4) is 0 Å². The summed E-state index contributed by atoms with van der Waals surface area (Å²) >= 11 is 0. The fraction of sp³-hybridized carbons (Fsp3) is 0.111. The maximum absolute atomic E-state index is 12.7. The summed E-state index contributed by atoms with van der Waals surface area (Å²) in [4.78, 5) is 27.6. The van der Waals surface area contributed by atoms with Crippen LogP contribution in [-0.4, -0.2) is 16.8 Å². The van der Waals surface area contributed by atoms with Crippen molar-refractivity contribution >= 4 is 34.1 Å². The molecule has 3 N–H and O–H groups in total. The van der Waals surface area contributed by atoms with E-state index in [1.807, 2.05) is 54.7 Å². The minimum absolute atomic E-state index is 0.134. The molecule has 5 heteroatoms. The number of para-hydroxylation sites is 1. The molecule has 114 valence electrons. The second kappa shape index (κ2) is 5.28. The zero-order valence-corrected chi connectivity index (χ0v) is 12.3. The van der Waals surface area contributed by atoms with Gasteiger partial charge in [-0.25, -0.2) is 0 Å². The van der Waals surface area contributed by atoms with Gasteiger partial charge in [-0.15, -0.1) is 0 Å². The Morgan fingerprint density at radius 3 is 2.91 bits per heavy atom. The number of H-pyrrole nitrogens is 1. The highest BCUT2D eigenvalue weighted by molar-refractivity contribution is 6.05. The Balaban J connectivity index is 1.62. The first kappa shape index (κ1) is 13.6. The van der Waals surface area contributed by atoms with Crippen LogP contribution in [0.3, 0.4) is 0 Å². The number of carbonyl (C=O) groups is 2. The second-order valence-corrected chi connectivity index (χ2v) is 5.66. The van der Waals surface area contributed by atoms with E-state index in [1.165, 1.54) is 0 Å². The first-order valence-electron chi connectivity index (χ1n) is 7.47. The predicted octanol–water partition coefficient (Wildman–Crippen LogP) is 3.23. The molecule has 2 heterocycles. The predicted molar refractivity (Wildman–Crippen MR) is 89.4 cm³/mol. The average molecular weight is 305 g/mol. The number of carbonyl (C=O) groups excluding carboxylic acids is 2. The first-order valence-corrected chi connectivity index (χ1v) is 7.47. The summed E-state index contributed by atoms with van der Waals surface area (Å²) in [5.74, 6) is -0.769. The quantitative estimate of drug-likeness (QED) is 0.680. The minimum atomic E-state index is -0.470. The van der Waals surface area contributed by atoms with Gasteiger partial charge in [0.1, 0.15) is 0 Å². The molecule has 0 spiro atoms. The summed E-state index contributed by atoms with van der Waals surface area (Å²) in [5, 5.41) is 6.76. The molecule has 0 fully saturated rings. The molecular weight excluding hydrogens is 290 g/mol. The lowest BCUT2D eigenvalue weighted by Crippen LogP contribution is -2.30. The Kier molecular flexibility index (Phi) is 3.12. The molecule has 1 aliphatic rings. The Bertz CT molecular complexity index is 913. The van der Waals surface area contributed by atoms with E-state index in [9.17, 15) is 9.59 Å². The summed E-state index contributed by atoms with van der Waals surface area (Å²) < 4.78 is 0. The van der Waals surface area contributed by atoms with E-state index in [1.54, 1.807) is 0 Å². The Labute approximate surface area is 132 Å². The third-order valence-corrected chi connectivity index (χ3v) is 4.14. The summed E-state index contributed by atoms with van der Waals surface area (Å²) in [6.07, 6.45) is 2.02. The number of aromatic amines is 1. The number of aromatic nitrogens is 1. The average Bonchev–Trinajstić information content (AvgIpc) is 3.01. The molecule has 2 amide bonds. The van der Waals surface area contributed by atoms with E-state index in [-0.39, 0.29) is 18.2 Å². The maximum Gasteiger partial charge on any atom is 0.232 e. The third-order valence-electron chi connectivity index (χ3n) is 4.14. The summed E-state index contributed by atoms with van der Waals surface area (Å²) in [6, 6.07) is 15.1. The van der Waals surface area contributed by atoms with Gasteiger partial charge in [0.25, 0.3) is 0 Å². The van der Waals surface area contributed by atoms with Crippen molar-refractivity contribution in [2.75, 3.05) is 10.6 Å². The van der Waals surface area contributed by atoms with Crippen molar-refractivity contribution in [1.29, 1.82) is 0 Å². The van der Waals surface area contributed by atoms with Gasteiger partial charge in [0.2, 0.25) is 11.8 Å². The highest BCUT2D eigenvalue weighted by atomic mass is 16.2. The Morgan fingerprint density at radius 2 is 2.00 bits per heavy atom. The van der Waals surface area contributed by atoms with Gasteiger partial charge in [0.15, 0.2) is 0 Å². The van der Waals surface area contributed by atoms with Gasteiger partial charge in [-0.05, 0) is 35.9 Å². The van der Waals surface area contributed by atoms with Crippen molar-refractivity contribution in [2.45, 2.75) is 12.3 Å². The lowest BCUT2D eigenvalue weighted by molar-refractivity contribution is -0.123. The van der Waals surface area contributed by atoms with Crippen LogP contribution in [0.25, 0.3) is 10.9 Å². The van der Waals surface area contributed by atoms with Crippen molar-refractivity contribution in [1.82, 2.24) is 4.98 Å². The third kappa shape index (κ3) is 2.46. The second-order valence-electron chi connectivity index (χ2n) is 5.66. The minimum Gasteiger partial charge on any atom is -0.361 e. The largest absolute Gasteiger partial charge is 0.361 e. The van der Waals surface area contributed by atoms with Crippen LogP contribution in [0.2, 0.25) is 0 Å². The molecule has 4 rings (SSSR count). The number of fused-ring (bicyclic) bond motifs is 2. The standard InChI is InChI=1S/C18H15N3O2/c22-17-10-14(13-3-1-2-4-16(13)21-17)18(23)20-12-5-6-15-11(9-12)7-8-19-15/h1-9,14,19H,10H2,(H,20,23)(H,21,22)/t14-/m0/s1. The molecule has 3 aromatic rings. The van der Waals surface area contributed by atoms with Gasteiger partial charge in [0, 0.05) is 34.9 Å². The number of anilines is 2. The van der Waals surface area contributed by atoms with Crippen molar-refractivity contribution < 1.29 is 9.59 Å². The van der Waals surface area contributed by atoms with Crippen LogP contribution < -0.4 is 10.6 Å². The highest BCUT2D eigenvalue weighted by Crippen LogP contribution is 2.33. The fourth-order valence-corrected chi connectivity index (χ4v) is 3.01. The van der Waals surface area contributed by atoms with E-state index in [0.29, 0.717) is 5.69 Å². The van der Waals surface area contributed by atoms with Crippen LogP contribution in [-0.2, 0) is 9.59 Å². The number of benzene rings is 2. The molecule has 2 aromatic carbocycles. The number of nitrogens with one attached hydrogen (secondary N) is 3. The molecule has 0 bridgehead atoms. The van der Waals surface area contributed by atoms with Crippen LogP contribution in [0.1, 0.15) is 17.9 Å². The Hall–Kier alpha value is -3.08. The van der Waals surface area contributed by atoms with Gasteiger partial charge in [0.05, 0.1) is 5.92 Å². The number of rotatable bonds is 2. The molecule has 1 aromatic heterocycles. The van der Waals surface area contributed by atoms with Crippen LogP contribution in [0.5, 0.6) is 0 Å². The smallest absolute Gasteiger partial charge is 0.232 e. The van der Waals surface area contributed by atoms with Gasteiger partial charge < -0.3 is 15.6 Å². The molecule has 0 saturated heterocycles. The molecule has 0 unspecified atom stereocenters. The number of amides is 2. The maximum atomic E-state index is 12.7. The van der Waals surface area contributed by atoms with Crippen LogP contribution >= 0.6 is 0 Å². The molecule has 23 heavy (non-hydrogen) atoms. The fourth-order valence-electron chi connectivity index (χ4n) is 3.01. The van der Waals surface area contributed by atoms with Crippen molar-refractivity contribution in [3.05, 3.63) is 60.3 Å². The van der Waals surface area contributed by atoms with Crippen LogP contribution in [0.15, 0.2) is 54.7 Å². The summed E-state index contributed by atoms with van der Waals surface area (Å²) in [5.41, 5.74) is 3.31. The lowest BCUT2D eigenvalue weighted by atomic mass is 9.90.